The molecule has 0 fully saturated rings. The fourth-order valence-electron chi connectivity index (χ4n) is 2.08. The smallest absolute Gasteiger partial charge is 0.278 e. The van der Waals surface area contributed by atoms with Crippen molar-refractivity contribution in [1.29, 1.82) is 0 Å². The van der Waals surface area contributed by atoms with Crippen LogP contribution in [0.4, 0.5) is 11.5 Å². The van der Waals surface area contributed by atoms with Crippen molar-refractivity contribution in [1.82, 2.24) is 10.0 Å². The Morgan fingerprint density at radius 2 is 2.04 bits per heavy atom. The van der Waals surface area contributed by atoms with Gasteiger partial charge in [-0.1, -0.05) is 11.6 Å². The SMILES string of the molecule is CONC(=O)c1cc(C)c(=O)n(C)c1Nc1ccc(I)cc1Cl. The molecule has 0 unspecified atom stereocenters. The highest BCUT2D eigenvalue weighted by atomic mass is 127. The highest BCUT2D eigenvalue weighted by Gasteiger charge is 2.18. The van der Waals surface area contributed by atoms with Gasteiger partial charge in [0.2, 0.25) is 0 Å². The van der Waals surface area contributed by atoms with Gasteiger partial charge in [0, 0.05) is 16.2 Å². The molecule has 1 amide bonds. The van der Waals surface area contributed by atoms with Crippen molar-refractivity contribution in [2.75, 3.05) is 12.4 Å². The third-order valence-corrected chi connectivity index (χ3v) is 4.20. The maximum absolute atomic E-state index is 12.2. The first-order chi connectivity index (χ1) is 10.8. The van der Waals surface area contributed by atoms with Crippen LogP contribution in [-0.2, 0) is 11.9 Å². The summed E-state index contributed by atoms with van der Waals surface area (Å²) in [4.78, 5) is 29.0. The summed E-state index contributed by atoms with van der Waals surface area (Å²) in [5, 5.41) is 3.54. The van der Waals surface area contributed by atoms with Crippen molar-refractivity contribution in [3.63, 3.8) is 0 Å². The third kappa shape index (κ3) is 3.85. The normalized spacial score (nSPS) is 10.5. The van der Waals surface area contributed by atoms with Crippen molar-refractivity contribution in [3.05, 3.63) is 54.3 Å². The lowest BCUT2D eigenvalue weighted by Crippen LogP contribution is -2.29. The Hall–Kier alpha value is -1.58. The van der Waals surface area contributed by atoms with Crippen LogP contribution in [0.25, 0.3) is 0 Å². The first-order valence-electron chi connectivity index (χ1n) is 6.61. The van der Waals surface area contributed by atoms with Gasteiger partial charge >= 0.3 is 0 Å². The van der Waals surface area contributed by atoms with Crippen LogP contribution in [0.15, 0.2) is 29.1 Å². The number of benzene rings is 1. The summed E-state index contributed by atoms with van der Waals surface area (Å²) in [5.74, 6) is -0.131. The number of anilines is 2. The van der Waals surface area contributed by atoms with Gasteiger partial charge < -0.3 is 5.32 Å². The molecule has 0 aliphatic carbocycles. The fraction of sp³-hybridized carbons (Fsp3) is 0.200. The predicted molar refractivity (Wildman–Crippen MR) is 98.3 cm³/mol. The van der Waals surface area contributed by atoms with Gasteiger partial charge in [-0.15, -0.1) is 0 Å². The van der Waals surface area contributed by atoms with Gasteiger partial charge in [0.25, 0.3) is 11.5 Å². The Balaban J connectivity index is 2.57. The van der Waals surface area contributed by atoms with Gasteiger partial charge in [0.1, 0.15) is 5.82 Å². The molecule has 0 aliphatic rings. The number of carbonyl (C=O) groups excluding carboxylic acids is 1. The average molecular weight is 448 g/mol. The van der Waals surface area contributed by atoms with E-state index in [1.54, 1.807) is 26.1 Å². The van der Waals surface area contributed by atoms with E-state index < -0.39 is 5.91 Å². The molecule has 1 aromatic heterocycles. The topological polar surface area (TPSA) is 72.4 Å². The van der Waals surface area contributed by atoms with Gasteiger partial charge in [0.15, 0.2) is 0 Å². The third-order valence-electron chi connectivity index (χ3n) is 3.22. The molecule has 2 rings (SSSR count). The summed E-state index contributed by atoms with van der Waals surface area (Å²) in [6, 6.07) is 6.95. The van der Waals surface area contributed by atoms with Crippen molar-refractivity contribution in [3.8, 4) is 0 Å². The number of nitrogens with zero attached hydrogens (tertiary/aromatic N) is 1. The summed E-state index contributed by atoms with van der Waals surface area (Å²) in [6.45, 7) is 1.65. The fourth-order valence-corrected chi connectivity index (χ4v) is 2.99. The van der Waals surface area contributed by atoms with E-state index >= 15 is 0 Å². The number of carbonyl (C=O) groups is 1. The second-order valence-electron chi connectivity index (χ2n) is 4.84. The first-order valence-corrected chi connectivity index (χ1v) is 8.07. The first kappa shape index (κ1) is 17.8. The highest BCUT2D eigenvalue weighted by molar-refractivity contribution is 14.1. The number of amides is 1. The number of pyridine rings is 1. The molecular weight excluding hydrogens is 433 g/mol. The molecule has 0 saturated carbocycles. The van der Waals surface area contributed by atoms with E-state index in [2.05, 4.69) is 38.2 Å². The van der Waals surface area contributed by atoms with Gasteiger partial charge in [-0.25, -0.2) is 5.48 Å². The van der Waals surface area contributed by atoms with Gasteiger partial charge in [0.05, 0.1) is 23.4 Å². The van der Waals surface area contributed by atoms with Crippen LogP contribution in [0.1, 0.15) is 15.9 Å². The molecule has 2 aromatic rings. The monoisotopic (exact) mass is 447 g/mol. The van der Waals surface area contributed by atoms with Gasteiger partial charge in [-0.3, -0.25) is 19.0 Å². The number of rotatable bonds is 4. The quantitative estimate of drug-likeness (QED) is 0.558. The number of hydroxylamine groups is 1. The van der Waals surface area contributed by atoms with Crippen molar-refractivity contribution in [2.24, 2.45) is 7.05 Å². The summed E-state index contributed by atoms with van der Waals surface area (Å²) >= 11 is 8.37. The molecule has 0 spiro atoms. The van der Waals surface area contributed by atoms with E-state index in [0.29, 0.717) is 22.1 Å². The minimum absolute atomic E-state index is 0.205. The summed E-state index contributed by atoms with van der Waals surface area (Å²) in [6.07, 6.45) is 0. The standard InChI is InChI=1S/C15H15ClIN3O3/c1-8-6-10(14(21)19-23-3)13(20(2)15(8)22)18-12-5-4-9(17)7-11(12)16/h4-7,18H,1-3H3,(H,19,21). The zero-order chi connectivity index (χ0) is 17.1. The molecule has 2 N–H and O–H groups in total. The van der Waals surface area contributed by atoms with E-state index in [9.17, 15) is 9.59 Å². The molecule has 0 radical (unpaired) electrons. The minimum atomic E-state index is -0.463. The van der Waals surface area contributed by atoms with E-state index in [1.165, 1.54) is 17.7 Å². The highest BCUT2D eigenvalue weighted by Crippen LogP contribution is 2.28. The number of hydrogen-bond acceptors (Lipinski definition) is 4. The lowest BCUT2D eigenvalue weighted by Gasteiger charge is -2.17. The lowest BCUT2D eigenvalue weighted by atomic mass is 10.1. The van der Waals surface area contributed by atoms with E-state index in [1.807, 2.05) is 6.07 Å². The zero-order valence-corrected chi connectivity index (χ0v) is 15.7. The van der Waals surface area contributed by atoms with Crippen LogP contribution in [0.5, 0.6) is 0 Å². The molecular formula is C15H15ClIN3O3. The maximum atomic E-state index is 12.2. The molecule has 23 heavy (non-hydrogen) atoms. The maximum Gasteiger partial charge on any atom is 0.278 e. The van der Waals surface area contributed by atoms with Crippen LogP contribution >= 0.6 is 34.2 Å². The molecule has 6 nitrogen and oxygen atoms in total. The Morgan fingerprint density at radius 1 is 1.35 bits per heavy atom. The van der Waals surface area contributed by atoms with E-state index in [4.69, 9.17) is 11.6 Å². The van der Waals surface area contributed by atoms with Crippen LogP contribution in [0, 0.1) is 10.5 Å². The Labute approximate surface area is 151 Å². The Kier molecular flexibility index (Phi) is 5.66. The summed E-state index contributed by atoms with van der Waals surface area (Å²) in [5.41, 5.74) is 3.38. The molecule has 0 bridgehead atoms. The summed E-state index contributed by atoms with van der Waals surface area (Å²) < 4.78 is 2.35. The zero-order valence-electron chi connectivity index (χ0n) is 12.7. The van der Waals surface area contributed by atoms with Crippen molar-refractivity contribution >= 4 is 51.6 Å². The Bertz CT molecular complexity index is 820. The van der Waals surface area contributed by atoms with Crippen LogP contribution in [0.2, 0.25) is 5.02 Å². The number of hydrogen-bond donors (Lipinski definition) is 2. The van der Waals surface area contributed by atoms with Crippen molar-refractivity contribution in [2.45, 2.75) is 6.92 Å². The van der Waals surface area contributed by atoms with E-state index in [-0.39, 0.29) is 11.1 Å². The largest absolute Gasteiger partial charge is 0.340 e. The minimum Gasteiger partial charge on any atom is -0.340 e. The molecule has 0 saturated heterocycles. The molecule has 0 aliphatic heterocycles. The molecule has 1 aromatic carbocycles. The Morgan fingerprint density at radius 3 is 2.65 bits per heavy atom. The molecule has 0 atom stereocenters. The van der Waals surface area contributed by atoms with E-state index in [0.717, 1.165) is 3.57 Å². The number of aryl methyl sites for hydroxylation is 1. The average Bonchev–Trinajstić information content (AvgIpc) is 2.50. The molecule has 1 heterocycles. The lowest BCUT2D eigenvalue weighted by molar-refractivity contribution is 0.0538. The van der Waals surface area contributed by atoms with Gasteiger partial charge in [-0.2, -0.15) is 0 Å². The molecule has 122 valence electrons. The van der Waals surface area contributed by atoms with Gasteiger partial charge in [-0.05, 0) is 53.8 Å². The second-order valence-corrected chi connectivity index (χ2v) is 6.49. The van der Waals surface area contributed by atoms with Crippen molar-refractivity contribution < 1.29 is 9.63 Å². The number of aromatic nitrogens is 1. The summed E-state index contributed by atoms with van der Waals surface area (Å²) in [7, 11) is 2.93. The van der Waals surface area contributed by atoms with Crippen LogP contribution in [0.3, 0.4) is 0 Å². The molecule has 8 heteroatoms. The number of nitrogens with one attached hydrogen (secondary N) is 2. The number of halogens is 2. The van der Waals surface area contributed by atoms with Crippen LogP contribution < -0.4 is 16.4 Å². The predicted octanol–water partition coefficient (Wildman–Crippen LogP) is 2.99. The second kappa shape index (κ2) is 7.33. The van der Waals surface area contributed by atoms with Crippen LogP contribution in [-0.4, -0.2) is 17.6 Å².